The lowest BCUT2D eigenvalue weighted by Gasteiger charge is -2.07. The van der Waals surface area contributed by atoms with Gasteiger partial charge in [0.1, 0.15) is 11.6 Å². The highest BCUT2D eigenvalue weighted by Crippen LogP contribution is 2.10. The zero-order valence-corrected chi connectivity index (χ0v) is 18.0. The summed E-state index contributed by atoms with van der Waals surface area (Å²) in [6.45, 7) is 1.33. The number of nitrogens with one attached hydrogen (secondary N) is 2. The molecule has 0 aromatic carbocycles. The van der Waals surface area contributed by atoms with Crippen LogP contribution in [0.2, 0.25) is 0 Å². The van der Waals surface area contributed by atoms with E-state index in [2.05, 4.69) is 30.6 Å². The van der Waals surface area contributed by atoms with Gasteiger partial charge in [-0.15, -0.1) is 0 Å². The van der Waals surface area contributed by atoms with Gasteiger partial charge < -0.3 is 19.8 Å². The van der Waals surface area contributed by atoms with E-state index in [1.807, 2.05) is 33.7 Å². The average molecular weight is 444 g/mol. The van der Waals surface area contributed by atoms with Crippen LogP contribution in [0.3, 0.4) is 0 Å². The van der Waals surface area contributed by atoms with Crippen molar-refractivity contribution in [3.8, 4) is 0 Å². The molecule has 33 heavy (non-hydrogen) atoms. The lowest BCUT2D eigenvalue weighted by atomic mass is 10.2. The van der Waals surface area contributed by atoms with E-state index in [1.165, 1.54) is 0 Å². The predicted molar refractivity (Wildman–Crippen MR) is 122 cm³/mol. The number of aromatic nitrogens is 6. The van der Waals surface area contributed by atoms with Crippen molar-refractivity contribution >= 4 is 23.5 Å². The molecule has 168 valence electrons. The molecule has 10 heteroatoms. The van der Waals surface area contributed by atoms with Crippen molar-refractivity contribution < 1.29 is 9.59 Å². The molecule has 0 unspecified atom stereocenters. The van der Waals surface area contributed by atoms with E-state index in [0.717, 1.165) is 11.1 Å². The molecule has 0 fully saturated rings. The second kappa shape index (κ2) is 10.8. The van der Waals surface area contributed by atoms with Crippen LogP contribution in [-0.4, -0.2) is 40.9 Å². The monoisotopic (exact) mass is 444 g/mol. The number of pyridine rings is 2. The number of anilines is 2. The van der Waals surface area contributed by atoms with Crippen LogP contribution in [0.25, 0.3) is 0 Å². The second-order valence-electron chi connectivity index (χ2n) is 7.52. The second-order valence-corrected chi connectivity index (χ2v) is 7.52. The Morgan fingerprint density at radius 2 is 1.21 bits per heavy atom. The van der Waals surface area contributed by atoms with Gasteiger partial charge in [0.05, 0.1) is 12.7 Å². The predicted octanol–water partition coefficient (Wildman–Crippen LogP) is 2.71. The minimum Gasteiger partial charge on any atom is -0.333 e. The van der Waals surface area contributed by atoms with Crippen LogP contribution < -0.4 is 10.6 Å². The quantitative estimate of drug-likeness (QED) is 0.388. The van der Waals surface area contributed by atoms with E-state index in [0.29, 0.717) is 31.1 Å². The van der Waals surface area contributed by atoms with Crippen molar-refractivity contribution in [1.82, 2.24) is 29.1 Å². The molecule has 4 aromatic rings. The molecule has 0 saturated carbocycles. The molecule has 0 aliphatic carbocycles. The SMILES string of the molecule is O=C(CCCC(=O)Nc1ccc(Cn2ccnc2)cn1)Nc1ccc(Cn2ccnc2)cn1. The molecule has 4 rings (SSSR count). The summed E-state index contributed by atoms with van der Waals surface area (Å²) in [5.41, 5.74) is 2.01. The standard InChI is InChI=1S/C23H24N8O2/c32-22(28-20-6-4-18(12-26-20)14-30-10-8-24-16-30)2-1-3-23(33)29-21-7-5-19(13-27-21)15-31-11-9-25-17-31/h4-13,16-17H,1-3,14-15H2,(H,26,28,32)(H,27,29,33). The Kier molecular flexibility index (Phi) is 7.16. The van der Waals surface area contributed by atoms with Gasteiger partial charge in [-0.1, -0.05) is 12.1 Å². The maximum Gasteiger partial charge on any atom is 0.225 e. The topological polar surface area (TPSA) is 120 Å². The summed E-state index contributed by atoms with van der Waals surface area (Å²) in [6, 6.07) is 7.34. The summed E-state index contributed by atoms with van der Waals surface area (Å²) in [4.78, 5) is 40.8. The summed E-state index contributed by atoms with van der Waals surface area (Å²) in [5.74, 6) is 0.608. The van der Waals surface area contributed by atoms with Crippen molar-refractivity contribution in [1.29, 1.82) is 0 Å². The van der Waals surface area contributed by atoms with Gasteiger partial charge >= 0.3 is 0 Å². The van der Waals surface area contributed by atoms with Crippen LogP contribution in [0.1, 0.15) is 30.4 Å². The Morgan fingerprint density at radius 3 is 1.58 bits per heavy atom. The minimum atomic E-state index is -0.181. The molecule has 4 heterocycles. The van der Waals surface area contributed by atoms with E-state index >= 15 is 0 Å². The molecule has 0 bridgehead atoms. The molecule has 4 aromatic heterocycles. The fourth-order valence-electron chi connectivity index (χ4n) is 3.19. The Hall–Kier alpha value is -4.34. The zero-order valence-electron chi connectivity index (χ0n) is 18.0. The highest BCUT2D eigenvalue weighted by molar-refractivity contribution is 5.92. The number of imidazole rings is 2. The van der Waals surface area contributed by atoms with Gasteiger partial charge in [0.15, 0.2) is 0 Å². The maximum absolute atomic E-state index is 12.1. The van der Waals surface area contributed by atoms with Crippen LogP contribution in [0.5, 0.6) is 0 Å². The number of amides is 2. The van der Waals surface area contributed by atoms with Gasteiger partial charge in [-0.25, -0.2) is 19.9 Å². The Bertz CT molecular complexity index is 1060. The highest BCUT2D eigenvalue weighted by atomic mass is 16.2. The molecule has 2 N–H and O–H groups in total. The van der Waals surface area contributed by atoms with Gasteiger partial charge in [-0.2, -0.15) is 0 Å². The minimum absolute atomic E-state index is 0.181. The summed E-state index contributed by atoms with van der Waals surface area (Å²) in [5, 5.41) is 5.51. The summed E-state index contributed by atoms with van der Waals surface area (Å²) in [7, 11) is 0. The normalized spacial score (nSPS) is 10.7. The zero-order chi connectivity index (χ0) is 22.9. The van der Waals surface area contributed by atoms with Crippen LogP contribution >= 0.6 is 0 Å². The third-order valence-electron chi connectivity index (χ3n) is 4.84. The van der Waals surface area contributed by atoms with E-state index in [-0.39, 0.29) is 24.7 Å². The Balaban J connectivity index is 1.15. The van der Waals surface area contributed by atoms with Crippen LogP contribution in [0.4, 0.5) is 11.6 Å². The third-order valence-corrected chi connectivity index (χ3v) is 4.84. The first kappa shape index (κ1) is 21.9. The van der Waals surface area contributed by atoms with Crippen LogP contribution in [-0.2, 0) is 22.7 Å². The molecule has 2 amide bonds. The Labute approximate surface area is 190 Å². The van der Waals surface area contributed by atoms with E-state index in [9.17, 15) is 9.59 Å². The molecule has 0 aliphatic heterocycles. The van der Waals surface area contributed by atoms with E-state index in [4.69, 9.17) is 0 Å². The lowest BCUT2D eigenvalue weighted by Crippen LogP contribution is -2.16. The number of rotatable bonds is 10. The number of nitrogens with zero attached hydrogens (tertiary/aromatic N) is 6. The number of carbonyl (C=O) groups is 2. The molecular formula is C23H24N8O2. The van der Waals surface area contributed by atoms with Crippen LogP contribution in [0, 0.1) is 0 Å². The molecular weight excluding hydrogens is 420 g/mol. The first-order valence-corrected chi connectivity index (χ1v) is 10.5. The van der Waals surface area contributed by atoms with Gasteiger partial charge in [0.25, 0.3) is 0 Å². The molecule has 0 spiro atoms. The Morgan fingerprint density at radius 1 is 0.727 bits per heavy atom. The van der Waals surface area contributed by atoms with Crippen molar-refractivity contribution in [2.75, 3.05) is 10.6 Å². The largest absolute Gasteiger partial charge is 0.333 e. The average Bonchev–Trinajstić information content (AvgIpc) is 3.51. The van der Waals surface area contributed by atoms with Crippen molar-refractivity contribution in [2.45, 2.75) is 32.4 Å². The first-order valence-electron chi connectivity index (χ1n) is 10.5. The smallest absolute Gasteiger partial charge is 0.225 e. The van der Waals surface area contributed by atoms with Gasteiger partial charge in [0.2, 0.25) is 11.8 Å². The number of hydrogen-bond donors (Lipinski definition) is 2. The fourth-order valence-corrected chi connectivity index (χ4v) is 3.19. The molecule has 0 radical (unpaired) electrons. The number of hydrogen-bond acceptors (Lipinski definition) is 6. The number of carbonyl (C=O) groups excluding carboxylic acids is 2. The molecule has 0 saturated heterocycles. The van der Waals surface area contributed by atoms with Crippen LogP contribution in [0.15, 0.2) is 74.1 Å². The lowest BCUT2D eigenvalue weighted by molar-refractivity contribution is -0.117. The van der Waals surface area contributed by atoms with Crippen molar-refractivity contribution in [2.24, 2.45) is 0 Å². The van der Waals surface area contributed by atoms with Gasteiger partial charge in [-0.05, 0) is 29.7 Å². The van der Waals surface area contributed by atoms with E-state index in [1.54, 1.807) is 49.6 Å². The first-order chi connectivity index (χ1) is 16.1. The van der Waals surface area contributed by atoms with Gasteiger partial charge in [-0.3, -0.25) is 9.59 Å². The van der Waals surface area contributed by atoms with Crippen molar-refractivity contribution in [3.05, 3.63) is 85.2 Å². The van der Waals surface area contributed by atoms with Crippen molar-refractivity contribution in [3.63, 3.8) is 0 Å². The van der Waals surface area contributed by atoms with Gasteiger partial charge in [0, 0.05) is 63.1 Å². The maximum atomic E-state index is 12.1. The summed E-state index contributed by atoms with van der Waals surface area (Å²) in [6.07, 6.45) is 15.0. The van der Waals surface area contributed by atoms with E-state index < -0.39 is 0 Å². The summed E-state index contributed by atoms with van der Waals surface area (Å²) >= 11 is 0. The molecule has 10 nitrogen and oxygen atoms in total. The molecule has 0 aliphatic rings. The highest BCUT2D eigenvalue weighted by Gasteiger charge is 2.08. The summed E-state index contributed by atoms with van der Waals surface area (Å²) < 4.78 is 3.87. The third kappa shape index (κ3) is 6.82. The molecule has 0 atom stereocenters. The fraction of sp³-hybridized carbons (Fsp3) is 0.217.